The molecule has 0 saturated heterocycles. The summed E-state index contributed by atoms with van der Waals surface area (Å²) in [6, 6.07) is 14.0. The first-order valence-electron chi connectivity index (χ1n) is 7.57. The highest BCUT2D eigenvalue weighted by Crippen LogP contribution is 2.45. The fraction of sp³-hybridized carbons (Fsp3) is 0.167. The highest BCUT2D eigenvalue weighted by atomic mass is 35.5. The van der Waals surface area contributed by atoms with Crippen LogP contribution in [0.4, 0.5) is 0 Å². The number of nitrogens with zero attached hydrogens (tertiary/aromatic N) is 2. The van der Waals surface area contributed by atoms with Gasteiger partial charge in [0.15, 0.2) is 5.75 Å². The van der Waals surface area contributed by atoms with E-state index in [-0.39, 0.29) is 6.04 Å². The largest absolute Gasteiger partial charge is 0.455 e. The zero-order valence-electron chi connectivity index (χ0n) is 12.4. The van der Waals surface area contributed by atoms with Gasteiger partial charge in [-0.25, -0.2) is 4.98 Å². The number of ether oxygens (including phenoxy) is 1. The highest BCUT2D eigenvalue weighted by Gasteiger charge is 2.27. The van der Waals surface area contributed by atoms with Gasteiger partial charge >= 0.3 is 0 Å². The summed E-state index contributed by atoms with van der Waals surface area (Å²) in [4.78, 5) is 4.07. The number of halogens is 1. The van der Waals surface area contributed by atoms with Crippen molar-refractivity contribution in [1.29, 1.82) is 0 Å². The van der Waals surface area contributed by atoms with Crippen molar-refractivity contribution in [3.8, 4) is 11.5 Å². The molecule has 2 heterocycles. The highest BCUT2D eigenvalue weighted by molar-refractivity contribution is 6.32. The topological polar surface area (TPSA) is 39.1 Å². The molecule has 4 rings (SSSR count). The monoisotopic (exact) mass is 325 g/mol. The van der Waals surface area contributed by atoms with E-state index in [9.17, 15) is 0 Å². The predicted molar refractivity (Wildman–Crippen MR) is 90.0 cm³/mol. The van der Waals surface area contributed by atoms with Crippen molar-refractivity contribution >= 4 is 11.6 Å². The van der Waals surface area contributed by atoms with Crippen molar-refractivity contribution in [3.63, 3.8) is 0 Å². The van der Waals surface area contributed by atoms with E-state index in [4.69, 9.17) is 16.3 Å². The third-order valence-electron chi connectivity index (χ3n) is 4.03. The summed E-state index contributed by atoms with van der Waals surface area (Å²) in [7, 11) is 0. The van der Waals surface area contributed by atoms with Crippen molar-refractivity contribution in [2.75, 3.05) is 6.54 Å². The second-order valence-corrected chi connectivity index (χ2v) is 5.89. The van der Waals surface area contributed by atoms with E-state index in [2.05, 4.69) is 27.0 Å². The van der Waals surface area contributed by atoms with Crippen molar-refractivity contribution in [2.24, 2.45) is 0 Å². The molecule has 0 fully saturated rings. The third-order valence-corrected chi connectivity index (χ3v) is 4.33. The Morgan fingerprint density at radius 2 is 2.00 bits per heavy atom. The van der Waals surface area contributed by atoms with Gasteiger partial charge in [-0.05, 0) is 12.1 Å². The van der Waals surface area contributed by atoms with Crippen LogP contribution in [0.1, 0.15) is 17.2 Å². The molecule has 4 nitrogen and oxygen atoms in total. The minimum absolute atomic E-state index is 0.0668. The normalized spacial score (nSPS) is 15.6. The van der Waals surface area contributed by atoms with Crippen molar-refractivity contribution in [2.45, 2.75) is 12.6 Å². The number of para-hydroxylation sites is 2. The Morgan fingerprint density at radius 1 is 1.13 bits per heavy atom. The Balaban J connectivity index is 1.63. The quantitative estimate of drug-likeness (QED) is 0.787. The van der Waals surface area contributed by atoms with Gasteiger partial charge in [-0.15, -0.1) is 0 Å². The molecule has 1 unspecified atom stereocenters. The first-order chi connectivity index (χ1) is 11.3. The maximum atomic E-state index is 6.32. The zero-order chi connectivity index (χ0) is 15.6. The first-order valence-corrected chi connectivity index (χ1v) is 7.95. The number of aromatic nitrogens is 2. The van der Waals surface area contributed by atoms with E-state index in [1.54, 1.807) is 6.20 Å². The van der Waals surface area contributed by atoms with Crippen molar-refractivity contribution in [3.05, 3.63) is 77.3 Å². The van der Waals surface area contributed by atoms with E-state index in [1.165, 1.54) is 0 Å². The Hall–Kier alpha value is -2.30. The molecule has 0 aliphatic carbocycles. The number of imidazole rings is 1. The van der Waals surface area contributed by atoms with Gasteiger partial charge in [0.2, 0.25) is 0 Å². The van der Waals surface area contributed by atoms with E-state index in [1.807, 2.05) is 42.9 Å². The molecule has 1 aliphatic heterocycles. The van der Waals surface area contributed by atoms with E-state index in [0.29, 0.717) is 5.02 Å². The van der Waals surface area contributed by atoms with Crippen LogP contribution in [0.5, 0.6) is 11.5 Å². The molecule has 0 spiro atoms. The summed E-state index contributed by atoms with van der Waals surface area (Å²) < 4.78 is 8.06. The molecule has 2 aromatic carbocycles. The standard InChI is InChI=1S/C18H16ClN3O/c19-15-6-3-5-14-17(21-9-11-22-10-8-20-12-22)13-4-1-2-7-16(13)23-18(14)15/h1-8,10,12,17,21H,9,11H2. The molecule has 5 heteroatoms. The molecule has 23 heavy (non-hydrogen) atoms. The minimum Gasteiger partial charge on any atom is -0.455 e. The lowest BCUT2D eigenvalue weighted by Gasteiger charge is -2.29. The molecular weight excluding hydrogens is 310 g/mol. The fourth-order valence-electron chi connectivity index (χ4n) is 2.93. The molecule has 1 aliphatic rings. The summed E-state index contributed by atoms with van der Waals surface area (Å²) in [6.45, 7) is 1.68. The second kappa shape index (κ2) is 6.07. The van der Waals surface area contributed by atoms with Gasteiger partial charge in [0, 0.05) is 36.6 Å². The predicted octanol–water partition coefficient (Wildman–Crippen LogP) is 4.02. The number of nitrogens with one attached hydrogen (secondary N) is 1. The van der Waals surface area contributed by atoms with Gasteiger partial charge in [-0.3, -0.25) is 0 Å². The van der Waals surface area contributed by atoms with Gasteiger partial charge in [0.05, 0.1) is 17.4 Å². The van der Waals surface area contributed by atoms with Crippen LogP contribution in [0.25, 0.3) is 0 Å². The Labute approximate surface area is 139 Å². The summed E-state index contributed by atoms with van der Waals surface area (Å²) in [5.74, 6) is 1.60. The van der Waals surface area contributed by atoms with Crippen LogP contribution in [-0.2, 0) is 6.54 Å². The maximum Gasteiger partial charge on any atom is 0.151 e. The first kappa shape index (κ1) is 14.3. The number of hydrogen-bond acceptors (Lipinski definition) is 3. The SMILES string of the molecule is Clc1cccc2c1Oc1ccccc1C2NCCn1ccnc1. The molecule has 0 radical (unpaired) electrons. The summed E-state index contributed by atoms with van der Waals surface area (Å²) in [6.07, 6.45) is 5.58. The van der Waals surface area contributed by atoms with E-state index in [0.717, 1.165) is 35.7 Å². The third kappa shape index (κ3) is 2.71. The van der Waals surface area contributed by atoms with Gasteiger partial charge < -0.3 is 14.6 Å². The average Bonchev–Trinajstić information content (AvgIpc) is 3.08. The Bertz CT molecular complexity index is 817. The molecule has 0 amide bonds. The van der Waals surface area contributed by atoms with Crippen LogP contribution in [0.2, 0.25) is 5.02 Å². The lowest BCUT2D eigenvalue weighted by atomic mass is 9.94. The smallest absolute Gasteiger partial charge is 0.151 e. The Kier molecular flexibility index (Phi) is 3.77. The fourth-order valence-corrected chi connectivity index (χ4v) is 3.15. The molecule has 1 N–H and O–H groups in total. The van der Waals surface area contributed by atoms with Crippen molar-refractivity contribution in [1.82, 2.24) is 14.9 Å². The van der Waals surface area contributed by atoms with Crippen LogP contribution in [0.15, 0.2) is 61.2 Å². The number of hydrogen-bond donors (Lipinski definition) is 1. The molecule has 3 aromatic rings. The molecule has 0 bridgehead atoms. The van der Waals surface area contributed by atoms with Crippen LogP contribution < -0.4 is 10.1 Å². The van der Waals surface area contributed by atoms with Gasteiger partial charge in [-0.1, -0.05) is 41.9 Å². The number of benzene rings is 2. The van der Waals surface area contributed by atoms with Gasteiger partial charge in [0.25, 0.3) is 0 Å². The van der Waals surface area contributed by atoms with E-state index >= 15 is 0 Å². The van der Waals surface area contributed by atoms with Gasteiger partial charge in [-0.2, -0.15) is 0 Å². The van der Waals surface area contributed by atoms with Crippen LogP contribution >= 0.6 is 11.6 Å². The zero-order valence-corrected chi connectivity index (χ0v) is 13.2. The molecular formula is C18H16ClN3O. The van der Waals surface area contributed by atoms with Gasteiger partial charge in [0.1, 0.15) is 5.75 Å². The lowest BCUT2D eigenvalue weighted by molar-refractivity contribution is 0.424. The molecule has 1 atom stereocenters. The van der Waals surface area contributed by atoms with E-state index < -0.39 is 0 Å². The summed E-state index contributed by atoms with van der Waals surface area (Å²) in [5.41, 5.74) is 2.20. The number of fused-ring (bicyclic) bond motifs is 2. The maximum absolute atomic E-state index is 6.32. The Morgan fingerprint density at radius 3 is 2.87 bits per heavy atom. The van der Waals surface area contributed by atoms with Crippen LogP contribution in [0, 0.1) is 0 Å². The number of rotatable bonds is 4. The second-order valence-electron chi connectivity index (χ2n) is 5.49. The lowest BCUT2D eigenvalue weighted by Crippen LogP contribution is -2.28. The summed E-state index contributed by atoms with van der Waals surface area (Å²) >= 11 is 6.32. The van der Waals surface area contributed by atoms with Crippen LogP contribution in [0.3, 0.4) is 0 Å². The van der Waals surface area contributed by atoms with Crippen LogP contribution in [-0.4, -0.2) is 16.1 Å². The minimum atomic E-state index is 0.0668. The van der Waals surface area contributed by atoms with Crippen molar-refractivity contribution < 1.29 is 4.74 Å². The summed E-state index contributed by atoms with van der Waals surface area (Å²) in [5, 5.41) is 4.25. The molecule has 116 valence electrons. The molecule has 1 aromatic heterocycles. The average molecular weight is 326 g/mol. The molecule has 0 saturated carbocycles.